The van der Waals surface area contributed by atoms with E-state index >= 15 is 0 Å². The predicted molar refractivity (Wildman–Crippen MR) is 123 cm³/mol. The third-order valence-corrected chi connectivity index (χ3v) is 6.49. The molecular weight excluding hydrogens is 350 g/mol. The first kappa shape index (κ1) is 23.9. The van der Waals surface area contributed by atoms with E-state index in [4.69, 9.17) is 0 Å². The van der Waals surface area contributed by atoms with E-state index in [1.54, 1.807) is 12.6 Å². The molecule has 0 fully saturated rings. The van der Waals surface area contributed by atoms with Crippen LogP contribution in [0.4, 0.5) is 0 Å². The van der Waals surface area contributed by atoms with E-state index in [0.29, 0.717) is 11.5 Å². The Morgan fingerprint density at radius 1 is 1.11 bits per heavy atom. The van der Waals surface area contributed by atoms with Gasteiger partial charge in [0.1, 0.15) is 5.04 Å². The van der Waals surface area contributed by atoms with Crippen LogP contribution in [-0.2, 0) is 4.79 Å². The van der Waals surface area contributed by atoms with Crippen molar-refractivity contribution >= 4 is 22.6 Å². The molecule has 0 aromatic heterocycles. The lowest BCUT2D eigenvalue weighted by molar-refractivity contribution is -0.112. The van der Waals surface area contributed by atoms with Gasteiger partial charge in [-0.15, -0.1) is 0 Å². The molecule has 1 aliphatic carbocycles. The first-order chi connectivity index (χ1) is 13.0. The zero-order valence-electron chi connectivity index (χ0n) is 18.0. The van der Waals surface area contributed by atoms with Gasteiger partial charge in [-0.05, 0) is 50.4 Å². The highest BCUT2D eigenvalue weighted by Crippen LogP contribution is 2.30. The summed E-state index contributed by atoms with van der Waals surface area (Å²) in [6, 6.07) is 0. The number of aliphatic imine (C=N–C) groups is 1. The van der Waals surface area contributed by atoms with Crippen LogP contribution < -0.4 is 0 Å². The summed E-state index contributed by atoms with van der Waals surface area (Å²) >= 11 is 1.43. The third kappa shape index (κ3) is 9.60. The van der Waals surface area contributed by atoms with E-state index in [2.05, 4.69) is 38.4 Å². The summed E-state index contributed by atoms with van der Waals surface area (Å²) < 4.78 is 0. The van der Waals surface area contributed by atoms with Gasteiger partial charge in [0.25, 0.3) is 0 Å². The monoisotopic (exact) mass is 389 g/mol. The molecule has 0 saturated heterocycles. The van der Waals surface area contributed by atoms with Crippen LogP contribution in [0.1, 0.15) is 97.8 Å². The van der Waals surface area contributed by atoms with E-state index in [1.165, 1.54) is 74.3 Å². The second-order valence-corrected chi connectivity index (χ2v) is 8.72. The largest absolute Gasteiger partial charge is 0.292 e. The minimum atomic E-state index is 0.150. The molecule has 0 aromatic carbocycles. The minimum absolute atomic E-state index is 0.150. The molecule has 1 rings (SSSR count). The average molecular weight is 390 g/mol. The number of allylic oxidation sites excluding steroid dienone is 5. The van der Waals surface area contributed by atoms with Gasteiger partial charge < -0.3 is 0 Å². The van der Waals surface area contributed by atoms with Crippen LogP contribution >= 0.6 is 11.8 Å². The van der Waals surface area contributed by atoms with Gasteiger partial charge in [-0.2, -0.15) is 0 Å². The molecular formula is C24H39NOS. The number of carbonyl (C=O) groups excluding carboxylic acids is 1. The van der Waals surface area contributed by atoms with Gasteiger partial charge in [0.15, 0.2) is 5.78 Å². The van der Waals surface area contributed by atoms with E-state index in [1.807, 2.05) is 0 Å². The van der Waals surface area contributed by atoms with Crippen molar-refractivity contribution in [3.05, 3.63) is 34.3 Å². The van der Waals surface area contributed by atoms with Crippen molar-refractivity contribution in [3.8, 4) is 0 Å². The number of Topliss-reactive ketones (excluding diaryl/α,β-unsaturated/α-hetero) is 1. The van der Waals surface area contributed by atoms with E-state index in [0.717, 1.165) is 24.2 Å². The Labute approximate surface area is 171 Å². The van der Waals surface area contributed by atoms with Crippen LogP contribution in [0, 0.1) is 0 Å². The normalized spacial score (nSPS) is 15.1. The maximum atomic E-state index is 12.4. The maximum absolute atomic E-state index is 12.4. The van der Waals surface area contributed by atoms with Gasteiger partial charge in [0.05, 0.1) is 0 Å². The SMILES string of the molecule is C=C(CC)SC(=NC)C(=O)CCC1=CC(C)=C(CCCCCCCC)CC1. The van der Waals surface area contributed by atoms with Crippen molar-refractivity contribution in [2.75, 3.05) is 7.05 Å². The second kappa shape index (κ2) is 14.0. The van der Waals surface area contributed by atoms with Gasteiger partial charge in [0, 0.05) is 13.5 Å². The second-order valence-electron chi connectivity index (χ2n) is 7.55. The predicted octanol–water partition coefficient (Wildman–Crippen LogP) is 7.81. The van der Waals surface area contributed by atoms with Crippen LogP contribution in [0.3, 0.4) is 0 Å². The topological polar surface area (TPSA) is 29.4 Å². The molecule has 0 amide bonds. The fraction of sp³-hybridized carbons (Fsp3) is 0.667. The van der Waals surface area contributed by atoms with E-state index in [9.17, 15) is 4.79 Å². The van der Waals surface area contributed by atoms with Crippen LogP contribution in [0.25, 0.3) is 0 Å². The van der Waals surface area contributed by atoms with Crippen molar-refractivity contribution in [3.63, 3.8) is 0 Å². The van der Waals surface area contributed by atoms with E-state index < -0.39 is 0 Å². The fourth-order valence-electron chi connectivity index (χ4n) is 3.44. The smallest absolute Gasteiger partial charge is 0.187 e. The summed E-state index contributed by atoms with van der Waals surface area (Å²) in [5, 5.41) is 0.606. The molecule has 0 radical (unpaired) electrons. The van der Waals surface area contributed by atoms with Crippen molar-refractivity contribution in [2.45, 2.75) is 97.8 Å². The van der Waals surface area contributed by atoms with Crippen LogP contribution in [0.5, 0.6) is 0 Å². The molecule has 2 nitrogen and oxygen atoms in total. The molecule has 27 heavy (non-hydrogen) atoms. The standard InChI is InChI=1S/C24H39NOS/c1-6-8-9-10-11-12-13-22-16-14-21(18-19(22)3)15-17-23(26)24(25-5)27-20(4)7-2/h18H,4,6-17H2,1-3,5H3. The molecule has 0 saturated carbocycles. The van der Waals surface area contributed by atoms with Crippen molar-refractivity contribution < 1.29 is 4.79 Å². The lowest BCUT2D eigenvalue weighted by atomic mass is 9.88. The summed E-state index contributed by atoms with van der Waals surface area (Å²) in [4.78, 5) is 17.6. The fourth-order valence-corrected chi connectivity index (χ4v) is 4.17. The molecule has 0 unspecified atom stereocenters. The Bertz CT molecular complexity index is 583. The van der Waals surface area contributed by atoms with Gasteiger partial charge in [-0.3, -0.25) is 9.79 Å². The van der Waals surface area contributed by atoms with Crippen molar-refractivity contribution in [2.24, 2.45) is 4.99 Å². The minimum Gasteiger partial charge on any atom is -0.292 e. The molecule has 0 spiro atoms. The highest BCUT2D eigenvalue weighted by Gasteiger charge is 2.16. The zero-order chi connectivity index (χ0) is 20.1. The Balaban J connectivity index is 2.43. The molecule has 0 N–H and O–H groups in total. The molecule has 0 heterocycles. The van der Waals surface area contributed by atoms with Crippen molar-refractivity contribution in [1.29, 1.82) is 0 Å². The molecule has 1 aliphatic rings. The zero-order valence-corrected chi connectivity index (χ0v) is 18.8. The van der Waals surface area contributed by atoms with Crippen LogP contribution in [0.2, 0.25) is 0 Å². The highest BCUT2D eigenvalue weighted by molar-refractivity contribution is 8.18. The summed E-state index contributed by atoms with van der Waals surface area (Å²) in [7, 11) is 1.70. The van der Waals surface area contributed by atoms with Gasteiger partial charge in [-0.1, -0.05) is 87.1 Å². The Morgan fingerprint density at radius 3 is 2.44 bits per heavy atom. The first-order valence-electron chi connectivity index (χ1n) is 10.7. The van der Waals surface area contributed by atoms with E-state index in [-0.39, 0.29) is 5.78 Å². The maximum Gasteiger partial charge on any atom is 0.187 e. The number of unbranched alkanes of at least 4 members (excludes halogenated alkanes) is 5. The van der Waals surface area contributed by atoms with Gasteiger partial charge in [0.2, 0.25) is 0 Å². The lowest BCUT2D eigenvalue weighted by Gasteiger charge is -2.18. The summed E-state index contributed by atoms with van der Waals surface area (Å²) in [6.45, 7) is 10.5. The number of nitrogens with zero attached hydrogens (tertiary/aromatic N) is 1. The summed E-state index contributed by atoms with van der Waals surface area (Å²) in [6.07, 6.45) is 16.3. The number of hydrogen-bond acceptors (Lipinski definition) is 3. The number of thioether (sulfide) groups is 1. The molecule has 0 aliphatic heterocycles. The molecule has 152 valence electrons. The third-order valence-electron chi connectivity index (χ3n) is 5.31. The van der Waals surface area contributed by atoms with Crippen LogP contribution in [0.15, 0.2) is 39.3 Å². The molecule has 0 atom stereocenters. The van der Waals surface area contributed by atoms with Crippen LogP contribution in [-0.4, -0.2) is 17.9 Å². The Hall–Kier alpha value is -1.09. The highest BCUT2D eigenvalue weighted by atomic mass is 32.2. The first-order valence-corrected chi connectivity index (χ1v) is 11.6. The molecule has 0 bridgehead atoms. The Morgan fingerprint density at radius 2 is 1.81 bits per heavy atom. The Kier molecular flexibility index (Phi) is 12.4. The number of ketones is 1. The molecule has 0 aromatic rings. The van der Waals surface area contributed by atoms with Crippen molar-refractivity contribution in [1.82, 2.24) is 0 Å². The van der Waals surface area contributed by atoms with Gasteiger partial charge in [-0.25, -0.2) is 0 Å². The lowest BCUT2D eigenvalue weighted by Crippen LogP contribution is -2.11. The van der Waals surface area contributed by atoms with Gasteiger partial charge >= 0.3 is 0 Å². The number of carbonyl (C=O) groups is 1. The summed E-state index contributed by atoms with van der Waals surface area (Å²) in [5.41, 5.74) is 4.49. The quantitative estimate of drug-likeness (QED) is 0.183. The number of hydrogen-bond donors (Lipinski definition) is 0. The summed E-state index contributed by atoms with van der Waals surface area (Å²) in [5.74, 6) is 0.150. The number of rotatable bonds is 13. The average Bonchev–Trinajstić information content (AvgIpc) is 2.67. The molecule has 3 heteroatoms.